The third-order valence-electron chi connectivity index (χ3n) is 3.65. The van der Waals surface area contributed by atoms with Crippen molar-refractivity contribution in [3.8, 4) is 11.5 Å². The van der Waals surface area contributed by atoms with Crippen molar-refractivity contribution in [1.82, 2.24) is 10.3 Å². The molecule has 2 aromatic heterocycles. The molecule has 5 heteroatoms. The molecular formula is C18H20N2O3. The zero-order valence-electron chi connectivity index (χ0n) is 13.0. The number of hydrogen-bond acceptors (Lipinski definition) is 5. The highest BCUT2D eigenvalue weighted by Crippen LogP contribution is 2.20. The van der Waals surface area contributed by atoms with Gasteiger partial charge in [-0.1, -0.05) is 18.2 Å². The topological polar surface area (TPSA) is 71.4 Å². The van der Waals surface area contributed by atoms with Crippen LogP contribution in [0.3, 0.4) is 0 Å². The quantitative estimate of drug-likeness (QED) is 0.698. The van der Waals surface area contributed by atoms with Gasteiger partial charge in [0.2, 0.25) is 5.89 Å². The third-order valence-corrected chi connectivity index (χ3v) is 3.65. The summed E-state index contributed by atoms with van der Waals surface area (Å²) in [7, 11) is 0. The summed E-state index contributed by atoms with van der Waals surface area (Å²) >= 11 is 0. The molecule has 3 rings (SSSR count). The Balaban J connectivity index is 1.51. The highest BCUT2D eigenvalue weighted by atomic mass is 16.4. The van der Waals surface area contributed by atoms with Crippen LogP contribution in [0.4, 0.5) is 0 Å². The van der Waals surface area contributed by atoms with Crippen LogP contribution in [0.1, 0.15) is 30.9 Å². The fourth-order valence-corrected chi connectivity index (χ4v) is 2.40. The Hall–Kier alpha value is -2.37. The Labute approximate surface area is 135 Å². The molecular weight excluding hydrogens is 292 g/mol. The minimum Gasteiger partial charge on any atom is -0.467 e. The first kappa shape index (κ1) is 15.5. The number of hydrogen-bond donors (Lipinski definition) is 2. The Morgan fingerprint density at radius 1 is 1.13 bits per heavy atom. The molecule has 2 atom stereocenters. The van der Waals surface area contributed by atoms with Gasteiger partial charge >= 0.3 is 0 Å². The maximum atomic E-state index is 10.1. The van der Waals surface area contributed by atoms with E-state index in [0.717, 1.165) is 11.3 Å². The number of aromatic nitrogens is 1. The molecule has 120 valence electrons. The van der Waals surface area contributed by atoms with Gasteiger partial charge in [-0.15, -0.1) is 0 Å². The van der Waals surface area contributed by atoms with Crippen molar-refractivity contribution in [3.05, 3.63) is 66.4 Å². The Morgan fingerprint density at radius 3 is 2.70 bits per heavy atom. The molecule has 3 aromatic rings. The molecule has 0 spiro atoms. The molecule has 0 bridgehead atoms. The van der Waals surface area contributed by atoms with Crippen LogP contribution in [0.5, 0.6) is 0 Å². The molecule has 5 nitrogen and oxygen atoms in total. The molecule has 23 heavy (non-hydrogen) atoms. The number of oxazole rings is 1. The summed E-state index contributed by atoms with van der Waals surface area (Å²) in [5.41, 5.74) is 1.79. The number of aliphatic hydroxyl groups is 1. The normalized spacial score (nSPS) is 13.8. The van der Waals surface area contributed by atoms with Crippen LogP contribution in [0.2, 0.25) is 0 Å². The molecule has 0 saturated heterocycles. The van der Waals surface area contributed by atoms with E-state index in [1.165, 1.54) is 0 Å². The van der Waals surface area contributed by atoms with Gasteiger partial charge in [-0.2, -0.15) is 0 Å². The first-order chi connectivity index (χ1) is 11.2. The van der Waals surface area contributed by atoms with E-state index in [-0.39, 0.29) is 6.04 Å². The average molecular weight is 312 g/mol. The number of nitrogens with zero attached hydrogens (tertiary/aromatic N) is 1. The molecule has 0 fully saturated rings. The SMILES string of the molecule is CC(CC(O)c1ccco1)NCc1coc(-c2ccccc2)n1. The maximum Gasteiger partial charge on any atom is 0.226 e. The van der Waals surface area contributed by atoms with Gasteiger partial charge in [-0.05, 0) is 37.6 Å². The number of benzene rings is 1. The minimum absolute atomic E-state index is 0.118. The minimum atomic E-state index is -0.607. The van der Waals surface area contributed by atoms with Crippen LogP contribution in [-0.4, -0.2) is 16.1 Å². The first-order valence-corrected chi connectivity index (χ1v) is 7.67. The molecule has 0 aliphatic carbocycles. The summed E-state index contributed by atoms with van der Waals surface area (Å²) < 4.78 is 10.7. The second kappa shape index (κ2) is 7.26. The van der Waals surface area contributed by atoms with E-state index in [2.05, 4.69) is 10.3 Å². The fourth-order valence-electron chi connectivity index (χ4n) is 2.40. The smallest absolute Gasteiger partial charge is 0.226 e. The highest BCUT2D eigenvalue weighted by molar-refractivity contribution is 5.52. The van der Waals surface area contributed by atoms with E-state index in [0.29, 0.717) is 24.6 Å². The lowest BCUT2D eigenvalue weighted by molar-refractivity contribution is 0.128. The molecule has 0 aliphatic heterocycles. The molecule has 0 amide bonds. The van der Waals surface area contributed by atoms with Gasteiger partial charge in [0, 0.05) is 18.2 Å². The number of nitrogens with one attached hydrogen (secondary N) is 1. The van der Waals surface area contributed by atoms with Gasteiger partial charge in [0.05, 0.1) is 12.0 Å². The average Bonchev–Trinajstić information content (AvgIpc) is 3.25. The van der Waals surface area contributed by atoms with E-state index in [9.17, 15) is 5.11 Å². The molecule has 1 aromatic carbocycles. The maximum absolute atomic E-state index is 10.1. The van der Waals surface area contributed by atoms with Crippen LogP contribution >= 0.6 is 0 Å². The molecule has 0 aliphatic rings. The summed E-state index contributed by atoms with van der Waals surface area (Å²) in [4.78, 5) is 4.47. The molecule has 2 unspecified atom stereocenters. The van der Waals surface area contributed by atoms with Gasteiger partial charge < -0.3 is 19.3 Å². The van der Waals surface area contributed by atoms with E-state index in [1.54, 1.807) is 24.7 Å². The van der Waals surface area contributed by atoms with Crippen molar-refractivity contribution in [2.45, 2.75) is 32.0 Å². The molecule has 2 heterocycles. The first-order valence-electron chi connectivity index (χ1n) is 7.67. The Kier molecular flexibility index (Phi) is 4.90. The predicted octanol–water partition coefficient (Wildman–Crippen LogP) is 3.54. The van der Waals surface area contributed by atoms with Crippen molar-refractivity contribution in [2.24, 2.45) is 0 Å². The third kappa shape index (κ3) is 4.09. The van der Waals surface area contributed by atoms with Gasteiger partial charge in [0.15, 0.2) is 0 Å². The van der Waals surface area contributed by atoms with Gasteiger partial charge in [0.1, 0.15) is 18.1 Å². The predicted molar refractivity (Wildman–Crippen MR) is 86.5 cm³/mol. The fraction of sp³-hybridized carbons (Fsp3) is 0.278. The van der Waals surface area contributed by atoms with Gasteiger partial charge in [-0.3, -0.25) is 0 Å². The van der Waals surface area contributed by atoms with Crippen LogP contribution in [0, 0.1) is 0 Å². The zero-order chi connectivity index (χ0) is 16.1. The molecule has 0 radical (unpaired) electrons. The largest absolute Gasteiger partial charge is 0.467 e. The lowest BCUT2D eigenvalue weighted by Gasteiger charge is -2.15. The van der Waals surface area contributed by atoms with Crippen molar-refractivity contribution >= 4 is 0 Å². The number of rotatable bonds is 7. The second-order valence-electron chi connectivity index (χ2n) is 5.56. The molecule has 0 saturated carbocycles. The van der Waals surface area contributed by atoms with Gasteiger partial charge in [0.25, 0.3) is 0 Å². The van der Waals surface area contributed by atoms with Crippen molar-refractivity contribution < 1.29 is 13.9 Å². The lowest BCUT2D eigenvalue weighted by atomic mass is 10.1. The van der Waals surface area contributed by atoms with Crippen molar-refractivity contribution in [2.75, 3.05) is 0 Å². The summed E-state index contributed by atoms with van der Waals surface area (Å²) in [5.74, 6) is 1.21. The number of furan rings is 1. The van der Waals surface area contributed by atoms with Crippen molar-refractivity contribution in [1.29, 1.82) is 0 Å². The summed E-state index contributed by atoms with van der Waals surface area (Å²) in [6, 6.07) is 13.5. The van der Waals surface area contributed by atoms with Crippen LogP contribution in [-0.2, 0) is 6.54 Å². The Morgan fingerprint density at radius 2 is 1.96 bits per heavy atom. The zero-order valence-corrected chi connectivity index (χ0v) is 13.0. The summed E-state index contributed by atoms with van der Waals surface area (Å²) in [6.45, 7) is 2.60. The summed E-state index contributed by atoms with van der Waals surface area (Å²) in [6.07, 6.45) is 3.18. The monoisotopic (exact) mass is 312 g/mol. The molecule has 2 N–H and O–H groups in total. The van der Waals surface area contributed by atoms with E-state index in [1.807, 2.05) is 37.3 Å². The van der Waals surface area contributed by atoms with E-state index in [4.69, 9.17) is 8.83 Å². The van der Waals surface area contributed by atoms with E-state index >= 15 is 0 Å². The van der Waals surface area contributed by atoms with E-state index < -0.39 is 6.10 Å². The van der Waals surface area contributed by atoms with Crippen LogP contribution in [0.25, 0.3) is 11.5 Å². The summed E-state index contributed by atoms with van der Waals surface area (Å²) in [5, 5.41) is 13.4. The van der Waals surface area contributed by atoms with Crippen LogP contribution < -0.4 is 5.32 Å². The van der Waals surface area contributed by atoms with Crippen LogP contribution in [0.15, 0.2) is 63.8 Å². The van der Waals surface area contributed by atoms with Crippen molar-refractivity contribution in [3.63, 3.8) is 0 Å². The number of aliphatic hydroxyl groups excluding tert-OH is 1. The Bertz CT molecular complexity index is 707. The van der Waals surface area contributed by atoms with Gasteiger partial charge in [-0.25, -0.2) is 4.98 Å². The second-order valence-corrected chi connectivity index (χ2v) is 5.56. The highest BCUT2D eigenvalue weighted by Gasteiger charge is 2.15. The standard InChI is InChI=1S/C18H20N2O3/c1-13(10-16(21)17-8-5-9-22-17)19-11-15-12-23-18(20-15)14-6-3-2-4-7-14/h2-9,12-13,16,19,21H,10-11H2,1H3. The lowest BCUT2D eigenvalue weighted by Crippen LogP contribution is -2.27.